The summed E-state index contributed by atoms with van der Waals surface area (Å²) in [4.78, 5) is 2.22. The molecule has 0 aromatic rings. The fraction of sp³-hybridized carbons (Fsp3) is 0.714. The van der Waals surface area contributed by atoms with Gasteiger partial charge in [0.15, 0.2) is 0 Å². The topological polar surface area (TPSA) is 3.24 Å². The Kier molecular flexibility index (Phi) is 1.06. The van der Waals surface area contributed by atoms with E-state index in [0.29, 0.717) is 0 Å². The first-order valence-corrected chi connectivity index (χ1v) is 2.83. The minimum absolute atomic E-state index is 0.189. The highest BCUT2D eigenvalue weighted by Gasteiger charge is 2.33. The maximum atomic E-state index is 5.25. The molecular weight excluding hydrogens is 98.1 g/mol. The molecule has 0 bridgehead atoms. The number of rotatable bonds is 0. The van der Waals surface area contributed by atoms with Gasteiger partial charge in [-0.2, -0.15) is 0 Å². The summed E-state index contributed by atoms with van der Waals surface area (Å²) in [6.45, 7) is 4.24. The second-order valence-electron chi connectivity index (χ2n) is 2.88. The van der Waals surface area contributed by atoms with Crippen LogP contribution in [0.1, 0.15) is 6.92 Å². The molecule has 0 spiro atoms. The molecule has 0 aromatic carbocycles. The standard InChI is InChI=1S/C7H11N/c1-4-7(2)5-8(3)6-7/h1H,5-6H2,2-3H3. The van der Waals surface area contributed by atoms with Gasteiger partial charge in [0.2, 0.25) is 0 Å². The molecule has 0 atom stereocenters. The Balaban J connectivity index is 2.44. The molecule has 0 unspecified atom stereocenters. The van der Waals surface area contributed by atoms with E-state index in [-0.39, 0.29) is 5.41 Å². The van der Waals surface area contributed by atoms with Crippen LogP contribution in [0.3, 0.4) is 0 Å². The molecule has 0 aliphatic carbocycles. The van der Waals surface area contributed by atoms with Gasteiger partial charge >= 0.3 is 0 Å². The lowest BCUT2D eigenvalue weighted by atomic mass is 9.84. The van der Waals surface area contributed by atoms with Crippen LogP contribution in [-0.2, 0) is 0 Å². The molecule has 1 rings (SSSR count). The van der Waals surface area contributed by atoms with Gasteiger partial charge < -0.3 is 4.90 Å². The average molecular weight is 109 g/mol. The maximum absolute atomic E-state index is 5.25. The first-order valence-electron chi connectivity index (χ1n) is 2.83. The molecule has 0 N–H and O–H groups in total. The third-order valence-corrected chi connectivity index (χ3v) is 1.59. The molecule has 1 aliphatic heterocycles. The summed E-state index contributed by atoms with van der Waals surface area (Å²) in [5.74, 6) is 2.77. The third kappa shape index (κ3) is 0.719. The van der Waals surface area contributed by atoms with E-state index < -0.39 is 0 Å². The third-order valence-electron chi connectivity index (χ3n) is 1.59. The number of hydrogen-bond donors (Lipinski definition) is 0. The van der Waals surface area contributed by atoms with Gasteiger partial charge in [-0.1, -0.05) is 5.92 Å². The molecule has 0 saturated carbocycles. The monoisotopic (exact) mass is 109 g/mol. The molecule has 1 nitrogen and oxygen atoms in total. The van der Waals surface area contributed by atoms with Crippen LogP contribution in [-0.4, -0.2) is 25.0 Å². The smallest absolute Gasteiger partial charge is 0.0537 e. The van der Waals surface area contributed by atoms with Gasteiger partial charge in [-0.25, -0.2) is 0 Å². The van der Waals surface area contributed by atoms with Crippen LogP contribution in [0.25, 0.3) is 0 Å². The number of likely N-dealkylation sites (tertiary alicyclic amines) is 1. The molecule has 1 heteroatoms. The number of nitrogens with zero attached hydrogens (tertiary/aromatic N) is 1. The molecule has 0 amide bonds. The Hall–Kier alpha value is -0.480. The van der Waals surface area contributed by atoms with Crippen molar-refractivity contribution in [3.63, 3.8) is 0 Å². The van der Waals surface area contributed by atoms with Gasteiger partial charge in [-0.05, 0) is 14.0 Å². The van der Waals surface area contributed by atoms with Crippen LogP contribution < -0.4 is 0 Å². The Morgan fingerprint density at radius 2 is 2.12 bits per heavy atom. The number of hydrogen-bond acceptors (Lipinski definition) is 1. The van der Waals surface area contributed by atoms with Crippen LogP contribution in [0.15, 0.2) is 0 Å². The average Bonchev–Trinajstić information content (AvgIpc) is 1.63. The van der Waals surface area contributed by atoms with Crippen molar-refractivity contribution in [3.8, 4) is 12.3 Å². The van der Waals surface area contributed by atoms with Crippen molar-refractivity contribution in [1.29, 1.82) is 0 Å². The summed E-state index contributed by atoms with van der Waals surface area (Å²) in [5, 5.41) is 0. The molecule has 1 saturated heterocycles. The van der Waals surface area contributed by atoms with Crippen LogP contribution in [0, 0.1) is 17.8 Å². The summed E-state index contributed by atoms with van der Waals surface area (Å²) >= 11 is 0. The predicted molar refractivity (Wildman–Crippen MR) is 34.4 cm³/mol. The largest absolute Gasteiger partial charge is 0.303 e. The van der Waals surface area contributed by atoms with Crippen molar-refractivity contribution in [2.45, 2.75) is 6.92 Å². The minimum Gasteiger partial charge on any atom is -0.303 e. The van der Waals surface area contributed by atoms with Crippen molar-refractivity contribution < 1.29 is 0 Å². The van der Waals surface area contributed by atoms with Crippen LogP contribution >= 0.6 is 0 Å². The molecule has 1 fully saturated rings. The SMILES string of the molecule is C#CC1(C)CN(C)C1. The fourth-order valence-electron chi connectivity index (χ4n) is 1.24. The molecule has 1 aliphatic rings. The van der Waals surface area contributed by atoms with E-state index in [2.05, 4.69) is 24.8 Å². The lowest BCUT2D eigenvalue weighted by Gasteiger charge is -2.42. The van der Waals surface area contributed by atoms with E-state index in [1.807, 2.05) is 0 Å². The van der Waals surface area contributed by atoms with Crippen molar-refractivity contribution in [2.75, 3.05) is 20.1 Å². The second-order valence-corrected chi connectivity index (χ2v) is 2.88. The lowest BCUT2D eigenvalue weighted by Crippen LogP contribution is -2.51. The fourth-order valence-corrected chi connectivity index (χ4v) is 1.24. The summed E-state index contributed by atoms with van der Waals surface area (Å²) < 4.78 is 0. The summed E-state index contributed by atoms with van der Waals surface area (Å²) in [5.41, 5.74) is 0.189. The van der Waals surface area contributed by atoms with Gasteiger partial charge in [0.05, 0.1) is 5.41 Å². The highest BCUT2D eigenvalue weighted by Crippen LogP contribution is 2.26. The Morgan fingerprint density at radius 1 is 1.62 bits per heavy atom. The lowest BCUT2D eigenvalue weighted by molar-refractivity contribution is 0.0918. The Morgan fingerprint density at radius 3 is 2.25 bits per heavy atom. The van der Waals surface area contributed by atoms with Gasteiger partial charge in [0, 0.05) is 13.1 Å². The predicted octanol–water partition coefficient (Wildman–Crippen LogP) is 0.571. The van der Waals surface area contributed by atoms with Gasteiger partial charge in [-0.3, -0.25) is 0 Å². The highest BCUT2D eigenvalue weighted by molar-refractivity contribution is 5.10. The summed E-state index contributed by atoms with van der Waals surface area (Å²) in [7, 11) is 2.08. The molecule has 0 aromatic heterocycles. The summed E-state index contributed by atoms with van der Waals surface area (Å²) in [6, 6.07) is 0. The Bertz CT molecular complexity index is 126. The molecule has 8 heavy (non-hydrogen) atoms. The Labute approximate surface area is 50.7 Å². The zero-order valence-corrected chi connectivity index (χ0v) is 5.44. The van der Waals surface area contributed by atoms with E-state index >= 15 is 0 Å². The van der Waals surface area contributed by atoms with Crippen LogP contribution in [0.5, 0.6) is 0 Å². The van der Waals surface area contributed by atoms with E-state index in [4.69, 9.17) is 6.42 Å². The van der Waals surface area contributed by atoms with E-state index in [0.717, 1.165) is 13.1 Å². The zero-order chi connectivity index (χ0) is 6.20. The number of terminal acetylenes is 1. The normalized spacial score (nSPS) is 26.1. The molecule has 0 radical (unpaired) electrons. The van der Waals surface area contributed by atoms with E-state index in [9.17, 15) is 0 Å². The summed E-state index contributed by atoms with van der Waals surface area (Å²) in [6.07, 6.45) is 5.25. The second kappa shape index (κ2) is 1.50. The molecule has 44 valence electrons. The molecular formula is C7H11N. The first kappa shape index (κ1) is 5.65. The van der Waals surface area contributed by atoms with E-state index in [1.165, 1.54) is 0 Å². The van der Waals surface area contributed by atoms with Gasteiger partial charge in [0.1, 0.15) is 0 Å². The van der Waals surface area contributed by atoms with E-state index in [1.54, 1.807) is 0 Å². The minimum atomic E-state index is 0.189. The quantitative estimate of drug-likeness (QED) is 0.411. The first-order chi connectivity index (χ1) is 3.66. The van der Waals surface area contributed by atoms with Crippen LogP contribution in [0.2, 0.25) is 0 Å². The van der Waals surface area contributed by atoms with Crippen molar-refractivity contribution in [3.05, 3.63) is 0 Å². The zero-order valence-electron chi connectivity index (χ0n) is 5.44. The van der Waals surface area contributed by atoms with Gasteiger partial charge in [-0.15, -0.1) is 6.42 Å². The maximum Gasteiger partial charge on any atom is 0.0537 e. The van der Waals surface area contributed by atoms with Crippen LogP contribution in [0.4, 0.5) is 0 Å². The molecule has 1 heterocycles. The van der Waals surface area contributed by atoms with Crippen molar-refractivity contribution in [2.24, 2.45) is 5.41 Å². The highest BCUT2D eigenvalue weighted by atomic mass is 15.2. The van der Waals surface area contributed by atoms with Crippen molar-refractivity contribution in [1.82, 2.24) is 4.90 Å². The van der Waals surface area contributed by atoms with Gasteiger partial charge in [0.25, 0.3) is 0 Å². The van der Waals surface area contributed by atoms with Crippen molar-refractivity contribution >= 4 is 0 Å².